The monoisotopic (exact) mass is 431 g/mol. The number of nitriles is 1. The van der Waals surface area contributed by atoms with Crippen molar-refractivity contribution in [3.8, 4) is 6.07 Å². The summed E-state index contributed by atoms with van der Waals surface area (Å²) in [6.07, 6.45) is 2.31. The molecule has 1 saturated carbocycles. The van der Waals surface area contributed by atoms with Gasteiger partial charge < -0.3 is 14.2 Å². The van der Waals surface area contributed by atoms with Gasteiger partial charge in [-0.15, -0.1) is 0 Å². The lowest BCUT2D eigenvalue weighted by Crippen LogP contribution is -2.31. The van der Waals surface area contributed by atoms with Crippen LogP contribution in [-0.4, -0.2) is 30.7 Å². The lowest BCUT2D eigenvalue weighted by molar-refractivity contribution is 0.0853. The van der Waals surface area contributed by atoms with E-state index in [1.54, 1.807) is 28.6 Å². The largest absolute Gasteiger partial charge is 0.381 e. The van der Waals surface area contributed by atoms with Crippen molar-refractivity contribution in [3.05, 3.63) is 65.6 Å². The number of rotatable bonds is 4. The molecule has 2 heterocycles. The van der Waals surface area contributed by atoms with Gasteiger partial charge in [-0.05, 0) is 67.0 Å². The van der Waals surface area contributed by atoms with Gasteiger partial charge in [0.05, 0.1) is 11.6 Å². The molecule has 2 aliphatic rings. The van der Waals surface area contributed by atoms with E-state index in [0.717, 1.165) is 24.1 Å². The van der Waals surface area contributed by atoms with Crippen LogP contribution < -0.4 is 4.90 Å². The summed E-state index contributed by atoms with van der Waals surface area (Å²) in [5.41, 5.74) is 1.47. The van der Waals surface area contributed by atoms with Crippen molar-refractivity contribution < 1.29 is 13.9 Å². The van der Waals surface area contributed by atoms with E-state index >= 15 is 4.39 Å². The van der Waals surface area contributed by atoms with Crippen LogP contribution in [0.2, 0.25) is 0 Å². The molecule has 1 aromatic heterocycles. The summed E-state index contributed by atoms with van der Waals surface area (Å²) in [6.45, 7) is 3.32. The highest BCUT2D eigenvalue weighted by Crippen LogP contribution is 2.52. The molecule has 2 aromatic carbocycles. The minimum absolute atomic E-state index is 0.0475. The van der Waals surface area contributed by atoms with E-state index in [0.29, 0.717) is 36.2 Å². The number of aromatic nitrogens is 1. The molecular weight excluding hydrogens is 405 g/mol. The third-order valence-electron chi connectivity index (χ3n) is 7.10. The average molecular weight is 432 g/mol. The second-order valence-corrected chi connectivity index (χ2v) is 9.03. The maximum atomic E-state index is 15.6. The molecule has 164 valence electrons. The molecule has 1 amide bonds. The van der Waals surface area contributed by atoms with Gasteiger partial charge >= 0.3 is 0 Å². The summed E-state index contributed by atoms with van der Waals surface area (Å²) >= 11 is 0. The van der Waals surface area contributed by atoms with Crippen LogP contribution in [0.4, 0.5) is 10.1 Å². The molecule has 5 nitrogen and oxygen atoms in total. The lowest BCUT2D eigenvalue weighted by Gasteiger charge is -2.23. The summed E-state index contributed by atoms with van der Waals surface area (Å²) in [7, 11) is 1.71. The molecule has 2 fully saturated rings. The van der Waals surface area contributed by atoms with Gasteiger partial charge in [0.2, 0.25) is 0 Å². The number of hydrogen-bond acceptors (Lipinski definition) is 3. The second kappa shape index (κ2) is 7.75. The standard InChI is InChI=1S/C26H26FN3O2/c1-17-15-26(17,16-28)30-23(25(31)29(2)21-6-4-3-5-7-21)14-20-12-19(13-22(27)24(20)30)18-8-10-32-11-9-18/h3-7,12-14,17-18H,8-11,15H2,1-2H3/t17-,26+/m0/s1. The zero-order valence-electron chi connectivity index (χ0n) is 18.3. The third kappa shape index (κ3) is 3.20. The third-order valence-corrected chi connectivity index (χ3v) is 7.10. The molecule has 1 saturated heterocycles. The van der Waals surface area contributed by atoms with E-state index in [2.05, 4.69) is 6.07 Å². The van der Waals surface area contributed by atoms with Crippen molar-refractivity contribution in [2.24, 2.45) is 5.92 Å². The lowest BCUT2D eigenvalue weighted by atomic mass is 9.91. The molecule has 5 rings (SSSR count). The number of para-hydroxylation sites is 1. The van der Waals surface area contributed by atoms with Crippen molar-refractivity contribution >= 4 is 22.5 Å². The number of carbonyl (C=O) groups excluding carboxylic acids is 1. The fraction of sp³-hybridized carbons (Fsp3) is 0.385. The molecular formula is C26H26FN3O2. The normalized spacial score (nSPS) is 23.1. The Hall–Kier alpha value is -3.17. The van der Waals surface area contributed by atoms with Crippen LogP contribution in [0, 0.1) is 23.1 Å². The molecule has 1 aliphatic heterocycles. The minimum atomic E-state index is -0.898. The van der Waals surface area contributed by atoms with Gasteiger partial charge in [0, 0.05) is 31.3 Å². The van der Waals surface area contributed by atoms with E-state index in [4.69, 9.17) is 4.74 Å². The maximum Gasteiger partial charge on any atom is 0.274 e. The summed E-state index contributed by atoms with van der Waals surface area (Å²) in [5.74, 6) is -0.347. The number of carbonyl (C=O) groups is 1. The van der Waals surface area contributed by atoms with Crippen molar-refractivity contribution in [2.75, 3.05) is 25.2 Å². The van der Waals surface area contributed by atoms with Crippen molar-refractivity contribution in [3.63, 3.8) is 0 Å². The first kappa shape index (κ1) is 20.7. The van der Waals surface area contributed by atoms with Gasteiger partial charge in [0.25, 0.3) is 5.91 Å². The molecule has 6 heteroatoms. The van der Waals surface area contributed by atoms with Crippen LogP contribution in [0.3, 0.4) is 0 Å². The second-order valence-electron chi connectivity index (χ2n) is 9.03. The van der Waals surface area contributed by atoms with Crippen LogP contribution in [0.5, 0.6) is 0 Å². The van der Waals surface area contributed by atoms with E-state index < -0.39 is 5.54 Å². The fourth-order valence-corrected chi connectivity index (χ4v) is 5.02. The Morgan fingerprint density at radius 3 is 2.53 bits per heavy atom. The number of anilines is 1. The topological polar surface area (TPSA) is 58.3 Å². The molecule has 3 aromatic rings. The molecule has 0 bridgehead atoms. The van der Waals surface area contributed by atoms with Crippen molar-refractivity contribution in [2.45, 2.75) is 37.6 Å². The van der Waals surface area contributed by atoms with Crippen LogP contribution in [0.1, 0.15) is 48.2 Å². The summed E-state index contributed by atoms with van der Waals surface area (Å²) < 4.78 is 22.7. The molecule has 0 spiro atoms. The van der Waals surface area contributed by atoms with Gasteiger partial charge in [-0.2, -0.15) is 5.26 Å². The first-order chi connectivity index (χ1) is 15.5. The number of halogens is 1. The zero-order chi connectivity index (χ0) is 22.5. The SMILES string of the molecule is C[C@H]1C[C@]1(C#N)n1c(C(=O)N(C)c2ccccc2)cc2cc(C3CCOCC3)cc(F)c21. The molecule has 1 aliphatic carbocycles. The predicted molar refractivity (Wildman–Crippen MR) is 121 cm³/mol. The number of hydrogen-bond donors (Lipinski definition) is 0. The average Bonchev–Trinajstić information content (AvgIpc) is 3.33. The number of ether oxygens (including phenoxy) is 1. The van der Waals surface area contributed by atoms with Crippen molar-refractivity contribution in [1.82, 2.24) is 4.57 Å². The van der Waals surface area contributed by atoms with Gasteiger partial charge in [-0.3, -0.25) is 4.79 Å². The first-order valence-electron chi connectivity index (χ1n) is 11.1. The molecule has 0 N–H and O–H groups in total. The van der Waals surface area contributed by atoms with Gasteiger partial charge in [0.15, 0.2) is 0 Å². The molecule has 32 heavy (non-hydrogen) atoms. The Labute approximate surface area is 187 Å². The van der Waals surface area contributed by atoms with Gasteiger partial charge in [-0.25, -0.2) is 4.39 Å². The van der Waals surface area contributed by atoms with Gasteiger partial charge in [-0.1, -0.05) is 25.1 Å². The van der Waals surface area contributed by atoms with E-state index in [1.807, 2.05) is 43.3 Å². The van der Waals surface area contributed by atoms with E-state index in [-0.39, 0.29) is 23.6 Å². The first-order valence-corrected chi connectivity index (χ1v) is 11.1. The Bertz CT molecular complexity index is 1220. The number of amides is 1. The quantitative estimate of drug-likeness (QED) is 0.570. The van der Waals surface area contributed by atoms with Crippen LogP contribution >= 0.6 is 0 Å². The van der Waals surface area contributed by atoms with Crippen LogP contribution in [-0.2, 0) is 10.3 Å². The highest BCUT2D eigenvalue weighted by molar-refractivity contribution is 6.08. The van der Waals surface area contributed by atoms with E-state index in [9.17, 15) is 10.1 Å². The highest BCUT2D eigenvalue weighted by Gasteiger charge is 2.56. The summed E-state index contributed by atoms with van der Waals surface area (Å²) in [6, 6.07) is 17.1. The minimum Gasteiger partial charge on any atom is -0.381 e. The number of benzene rings is 2. The molecule has 2 atom stereocenters. The maximum absolute atomic E-state index is 15.6. The Morgan fingerprint density at radius 2 is 1.91 bits per heavy atom. The Balaban J connectivity index is 1.67. The van der Waals surface area contributed by atoms with Crippen LogP contribution in [0.25, 0.3) is 10.9 Å². The Kier molecular flexibility index (Phi) is 5.02. The van der Waals surface area contributed by atoms with Crippen LogP contribution in [0.15, 0.2) is 48.5 Å². The predicted octanol–water partition coefficient (Wildman–Crippen LogP) is 5.21. The highest BCUT2D eigenvalue weighted by atomic mass is 19.1. The number of nitrogens with zero attached hydrogens (tertiary/aromatic N) is 3. The van der Waals surface area contributed by atoms with E-state index in [1.165, 1.54) is 0 Å². The van der Waals surface area contributed by atoms with Crippen molar-refractivity contribution in [1.29, 1.82) is 5.26 Å². The Morgan fingerprint density at radius 1 is 1.22 bits per heavy atom. The zero-order valence-corrected chi connectivity index (χ0v) is 18.3. The van der Waals surface area contributed by atoms with Gasteiger partial charge in [0.1, 0.15) is 17.1 Å². The smallest absolute Gasteiger partial charge is 0.274 e. The fourth-order valence-electron chi connectivity index (χ4n) is 5.02. The molecule has 0 radical (unpaired) electrons. The number of fused-ring (bicyclic) bond motifs is 1. The summed E-state index contributed by atoms with van der Waals surface area (Å²) in [5, 5.41) is 10.7. The molecule has 0 unspecified atom stereocenters. The summed E-state index contributed by atoms with van der Waals surface area (Å²) in [4.78, 5) is 15.1.